The van der Waals surface area contributed by atoms with Crippen LogP contribution in [0.5, 0.6) is 0 Å². The molecule has 0 N–H and O–H groups in total. The topological polar surface area (TPSA) is 49.9 Å². The summed E-state index contributed by atoms with van der Waals surface area (Å²) in [4.78, 5) is 5.20. The van der Waals surface area contributed by atoms with Crippen LogP contribution in [0.25, 0.3) is 0 Å². The zero-order valence-electron chi connectivity index (χ0n) is 14.4. The fraction of sp³-hybridized carbons (Fsp3) is 0.750. The summed E-state index contributed by atoms with van der Waals surface area (Å²) in [7, 11) is 2.73. The molecule has 0 aromatic rings. The summed E-state index contributed by atoms with van der Waals surface area (Å²) in [6.45, 7) is 2.20. The molecular weight excluding hydrogens is 311 g/mol. The fourth-order valence-electron chi connectivity index (χ4n) is 3.61. The van der Waals surface area contributed by atoms with Crippen molar-refractivity contribution >= 4 is 18.0 Å². The predicted octanol–water partition coefficient (Wildman–Crippen LogP) is 0.694. The molecule has 0 aromatic carbocycles. The van der Waals surface area contributed by atoms with Crippen LogP contribution in [-0.2, 0) is 14.3 Å². The summed E-state index contributed by atoms with van der Waals surface area (Å²) in [5.41, 5.74) is 1.22. The van der Waals surface area contributed by atoms with Gasteiger partial charge in [0.15, 0.2) is 0 Å². The van der Waals surface area contributed by atoms with E-state index in [0.29, 0.717) is 23.4 Å². The minimum Gasteiger partial charge on any atom is -0.305 e. The summed E-state index contributed by atoms with van der Waals surface area (Å²) < 4.78 is 30.1. The highest BCUT2D eigenvalue weighted by Crippen LogP contribution is 2.34. The highest BCUT2D eigenvalue weighted by molar-refractivity contribution is 7.90. The van der Waals surface area contributed by atoms with E-state index in [1.165, 1.54) is 11.9 Å². The van der Waals surface area contributed by atoms with Gasteiger partial charge >= 0.3 is 0 Å². The fourth-order valence-corrected chi connectivity index (χ4v) is 4.83. The molecule has 2 fully saturated rings. The van der Waals surface area contributed by atoms with Crippen LogP contribution < -0.4 is 0 Å². The number of hydrogen-bond donors (Lipinski definition) is 0. The SMILES string of the molecule is BC1=CC=C(S(=O)(=O)O[C@H]2C[C@@H](N3CCC(N(C)C)C3)C2)CC1. The summed E-state index contributed by atoms with van der Waals surface area (Å²) >= 11 is 0. The van der Waals surface area contributed by atoms with Crippen molar-refractivity contribution in [2.24, 2.45) is 0 Å². The highest BCUT2D eigenvalue weighted by Gasteiger charge is 2.40. The largest absolute Gasteiger partial charge is 0.305 e. The van der Waals surface area contributed by atoms with Gasteiger partial charge in [0.05, 0.1) is 11.0 Å². The van der Waals surface area contributed by atoms with Crippen LogP contribution in [0.15, 0.2) is 22.5 Å². The van der Waals surface area contributed by atoms with E-state index in [9.17, 15) is 8.42 Å². The van der Waals surface area contributed by atoms with Gasteiger partial charge in [0.25, 0.3) is 10.1 Å². The summed E-state index contributed by atoms with van der Waals surface area (Å²) in [5, 5.41) is 0. The van der Waals surface area contributed by atoms with Crippen LogP contribution in [0.4, 0.5) is 0 Å². The average molecular weight is 338 g/mol. The Morgan fingerprint density at radius 3 is 2.57 bits per heavy atom. The van der Waals surface area contributed by atoms with Gasteiger partial charge < -0.3 is 4.90 Å². The standard InChI is InChI=1S/C16H27BN2O3S/c1-18(2)13-7-8-19(11-13)14-9-15(10-14)22-23(20,21)16-5-3-12(17)4-6-16/h3,5,13-15H,4,6-11,17H2,1-2H3/t13?,14-,15+. The van der Waals surface area contributed by atoms with Gasteiger partial charge in [-0.1, -0.05) is 6.08 Å². The van der Waals surface area contributed by atoms with Crippen LogP contribution >= 0.6 is 0 Å². The van der Waals surface area contributed by atoms with Gasteiger partial charge in [0.1, 0.15) is 7.85 Å². The van der Waals surface area contributed by atoms with Crippen LogP contribution in [0.1, 0.15) is 32.1 Å². The first-order valence-corrected chi connectivity index (χ1v) is 9.96. The van der Waals surface area contributed by atoms with E-state index in [-0.39, 0.29) is 6.10 Å². The van der Waals surface area contributed by atoms with E-state index in [0.717, 1.165) is 32.4 Å². The first-order valence-electron chi connectivity index (χ1n) is 8.55. The molecule has 1 aliphatic heterocycles. The molecule has 3 aliphatic rings. The molecule has 5 nitrogen and oxygen atoms in total. The van der Waals surface area contributed by atoms with Gasteiger partial charge in [-0.05, 0) is 52.3 Å². The lowest BCUT2D eigenvalue weighted by Gasteiger charge is -2.40. The Morgan fingerprint density at radius 1 is 1.26 bits per heavy atom. The van der Waals surface area contributed by atoms with Crippen molar-refractivity contribution in [2.45, 2.75) is 50.3 Å². The van der Waals surface area contributed by atoms with Gasteiger partial charge in [0.2, 0.25) is 0 Å². The predicted molar refractivity (Wildman–Crippen MR) is 94.4 cm³/mol. The molecule has 1 atom stereocenters. The van der Waals surface area contributed by atoms with Gasteiger partial charge in [-0.25, -0.2) is 0 Å². The maximum atomic E-state index is 12.3. The minimum atomic E-state index is -3.55. The van der Waals surface area contributed by atoms with Crippen molar-refractivity contribution in [3.8, 4) is 0 Å². The minimum absolute atomic E-state index is 0.142. The molecule has 1 saturated heterocycles. The van der Waals surface area contributed by atoms with E-state index in [4.69, 9.17) is 4.18 Å². The number of nitrogens with zero attached hydrogens (tertiary/aromatic N) is 2. The maximum Gasteiger partial charge on any atom is 0.293 e. The third-order valence-corrected chi connectivity index (χ3v) is 6.92. The Kier molecular flexibility index (Phi) is 5.02. The third kappa shape index (κ3) is 3.90. The second kappa shape index (κ2) is 6.71. The monoisotopic (exact) mass is 338 g/mol. The Labute approximate surface area is 140 Å². The van der Waals surface area contributed by atoms with Crippen LogP contribution in [0, 0.1) is 0 Å². The molecule has 128 valence electrons. The number of likely N-dealkylation sites (tertiary alicyclic amines) is 1. The first kappa shape index (κ1) is 17.2. The highest BCUT2D eigenvalue weighted by atomic mass is 32.2. The summed E-state index contributed by atoms with van der Waals surface area (Å²) in [5.74, 6) is 0. The second-order valence-electron chi connectivity index (χ2n) is 7.34. The molecular formula is C16H27BN2O3S. The third-order valence-electron chi connectivity index (χ3n) is 5.41. The number of likely N-dealkylation sites (N-methyl/N-ethyl adjacent to an activating group) is 1. The van der Waals surface area contributed by atoms with Gasteiger partial charge in [-0.3, -0.25) is 9.08 Å². The average Bonchev–Trinajstić information content (AvgIpc) is 2.92. The van der Waals surface area contributed by atoms with Gasteiger partial charge in [-0.15, -0.1) is 5.47 Å². The zero-order valence-corrected chi connectivity index (χ0v) is 15.2. The Morgan fingerprint density at radius 2 is 2.00 bits per heavy atom. The van der Waals surface area contributed by atoms with Crippen LogP contribution in [0.3, 0.4) is 0 Å². The molecule has 0 spiro atoms. The molecule has 1 unspecified atom stereocenters. The molecule has 1 saturated carbocycles. The van der Waals surface area contributed by atoms with Crippen molar-refractivity contribution in [3.63, 3.8) is 0 Å². The van der Waals surface area contributed by atoms with Crippen molar-refractivity contribution < 1.29 is 12.6 Å². The van der Waals surface area contributed by atoms with Crippen LogP contribution in [0.2, 0.25) is 0 Å². The van der Waals surface area contributed by atoms with E-state index in [2.05, 4.69) is 23.9 Å². The first-order chi connectivity index (χ1) is 10.8. The Hall–Kier alpha value is -0.625. The van der Waals surface area contributed by atoms with E-state index in [1.807, 2.05) is 13.9 Å². The lowest BCUT2D eigenvalue weighted by molar-refractivity contribution is 0.0305. The molecule has 3 rings (SSSR count). The molecule has 0 amide bonds. The molecule has 2 aliphatic carbocycles. The molecule has 1 heterocycles. The van der Waals surface area contributed by atoms with Crippen molar-refractivity contribution in [1.82, 2.24) is 9.80 Å². The molecule has 0 aromatic heterocycles. The lowest BCUT2D eigenvalue weighted by Crippen LogP contribution is -2.48. The normalized spacial score (nSPS) is 32.6. The molecule has 7 heteroatoms. The molecule has 0 radical (unpaired) electrons. The molecule has 23 heavy (non-hydrogen) atoms. The van der Waals surface area contributed by atoms with Crippen molar-refractivity contribution in [2.75, 3.05) is 27.2 Å². The van der Waals surface area contributed by atoms with E-state index < -0.39 is 10.1 Å². The number of rotatable bonds is 5. The summed E-state index contributed by atoms with van der Waals surface area (Å²) in [6.07, 6.45) is 7.69. The quantitative estimate of drug-likeness (QED) is 0.545. The number of allylic oxidation sites excluding steroid dienone is 4. The van der Waals surface area contributed by atoms with Gasteiger partial charge in [0, 0.05) is 25.2 Å². The Balaban J connectivity index is 1.49. The van der Waals surface area contributed by atoms with Crippen LogP contribution in [-0.4, -0.2) is 71.4 Å². The zero-order chi connectivity index (χ0) is 16.6. The van der Waals surface area contributed by atoms with E-state index in [1.54, 1.807) is 6.08 Å². The second-order valence-corrected chi connectivity index (χ2v) is 8.97. The smallest absolute Gasteiger partial charge is 0.293 e. The Bertz CT molecular complexity index is 609. The lowest BCUT2D eigenvalue weighted by atomic mass is 9.88. The van der Waals surface area contributed by atoms with Gasteiger partial charge in [-0.2, -0.15) is 8.42 Å². The van der Waals surface area contributed by atoms with Crippen molar-refractivity contribution in [1.29, 1.82) is 0 Å². The molecule has 0 bridgehead atoms. The van der Waals surface area contributed by atoms with E-state index >= 15 is 0 Å². The number of hydrogen-bond acceptors (Lipinski definition) is 5. The maximum absolute atomic E-state index is 12.3. The summed E-state index contributed by atoms with van der Waals surface area (Å²) in [6, 6.07) is 1.11. The van der Waals surface area contributed by atoms with Crippen molar-refractivity contribution in [3.05, 3.63) is 22.5 Å².